The van der Waals surface area contributed by atoms with Crippen molar-refractivity contribution in [1.29, 1.82) is 0 Å². The van der Waals surface area contributed by atoms with Crippen molar-refractivity contribution >= 4 is 17.3 Å². The third kappa shape index (κ3) is 3.13. The van der Waals surface area contributed by atoms with Gasteiger partial charge in [-0.1, -0.05) is 0 Å². The zero-order valence-corrected chi connectivity index (χ0v) is 12.4. The van der Waals surface area contributed by atoms with E-state index in [9.17, 15) is 14.9 Å². The van der Waals surface area contributed by atoms with Crippen LogP contribution in [0.3, 0.4) is 0 Å². The number of nitrogens with zero attached hydrogens (tertiary/aromatic N) is 2. The molecule has 0 aliphatic carbocycles. The maximum atomic E-state index is 11.6. The van der Waals surface area contributed by atoms with Crippen molar-refractivity contribution in [3.8, 4) is 0 Å². The Kier molecular flexibility index (Phi) is 4.42. The lowest BCUT2D eigenvalue weighted by Gasteiger charge is -2.38. The van der Waals surface area contributed by atoms with E-state index in [1.54, 1.807) is 12.1 Å². The van der Waals surface area contributed by atoms with Crippen LogP contribution in [0.5, 0.6) is 0 Å². The number of nitrogens with one attached hydrogen (secondary N) is 2. The number of amides is 1. The van der Waals surface area contributed by atoms with Crippen LogP contribution in [0.1, 0.15) is 24.2 Å². The third-order valence-corrected chi connectivity index (χ3v) is 3.74. The molecule has 114 valence electrons. The minimum Gasteiger partial charge on any atom is -0.360 e. The van der Waals surface area contributed by atoms with Crippen LogP contribution in [0, 0.1) is 10.1 Å². The van der Waals surface area contributed by atoms with Gasteiger partial charge in [-0.3, -0.25) is 14.9 Å². The predicted octanol–water partition coefficient (Wildman–Crippen LogP) is 1.14. The highest BCUT2D eigenvalue weighted by molar-refractivity contribution is 5.95. The molecule has 1 aliphatic rings. The van der Waals surface area contributed by atoms with Crippen molar-refractivity contribution in [2.75, 3.05) is 25.0 Å². The van der Waals surface area contributed by atoms with Gasteiger partial charge >= 0.3 is 0 Å². The number of hydrogen-bond acceptors (Lipinski definition) is 5. The quantitative estimate of drug-likeness (QED) is 0.644. The molecule has 1 amide bonds. The number of rotatable bonds is 3. The molecule has 1 heterocycles. The summed E-state index contributed by atoms with van der Waals surface area (Å²) in [6.45, 7) is 5.54. The molecule has 0 radical (unpaired) electrons. The standard InChI is InChI=1S/C14H20N4O3/c1-9-8-17(10(2)7-16-9)12-5-4-11(14(19)15-3)6-13(12)18(20)21/h4-6,9-10,16H,7-8H2,1-3H3,(H,15,19). The second-order valence-corrected chi connectivity index (χ2v) is 5.35. The molecule has 1 saturated heterocycles. The highest BCUT2D eigenvalue weighted by Crippen LogP contribution is 2.31. The van der Waals surface area contributed by atoms with Gasteiger partial charge in [0.25, 0.3) is 11.6 Å². The van der Waals surface area contributed by atoms with E-state index in [0.717, 1.165) is 6.54 Å². The topological polar surface area (TPSA) is 87.5 Å². The zero-order valence-electron chi connectivity index (χ0n) is 12.4. The first-order valence-corrected chi connectivity index (χ1v) is 6.94. The number of benzene rings is 1. The zero-order chi connectivity index (χ0) is 15.6. The molecule has 7 heteroatoms. The summed E-state index contributed by atoms with van der Waals surface area (Å²) >= 11 is 0. The average molecular weight is 292 g/mol. The molecular formula is C14H20N4O3. The molecule has 2 atom stereocenters. The van der Waals surface area contributed by atoms with Crippen molar-refractivity contribution in [2.24, 2.45) is 0 Å². The van der Waals surface area contributed by atoms with E-state index in [0.29, 0.717) is 17.8 Å². The summed E-state index contributed by atoms with van der Waals surface area (Å²) in [6, 6.07) is 5.05. The molecule has 2 unspecified atom stereocenters. The number of carbonyl (C=O) groups is 1. The van der Waals surface area contributed by atoms with Crippen molar-refractivity contribution in [2.45, 2.75) is 25.9 Å². The molecule has 1 aromatic rings. The third-order valence-electron chi connectivity index (χ3n) is 3.74. The van der Waals surface area contributed by atoms with E-state index in [-0.39, 0.29) is 23.7 Å². The average Bonchev–Trinajstić information content (AvgIpc) is 2.48. The summed E-state index contributed by atoms with van der Waals surface area (Å²) in [4.78, 5) is 24.6. The second-order valence-electron chi connectivity index (χ2n) is 5.35. The van der Waals surface area contributed by atoms with Crippen LogP contribution in [-0.4, -0.2) is 43.1 Å². The van der Waals surface area contributed by atoms with Gasteiger partial charge in [-0.2, -0.15) is 0 Å². The molecule has 2 rings (SSSR count). The van der Waals surface area contributed by atoms with Gasteiger partial charge in [-0.25, -0.2) is 0 Å². The molecule has 21 heavy (non-hydrogen) atoms. The number of hydrogen-bond donors (Lipinski definition) is 2. The fraction of sp³-hybridized carbons (Fsp3) is 0.500. The number of nitro groups is 1. The maximum Gasteiger partial charge on any atom is 0.293 e. The minimum absolute atomic E-state index is 0.0305. The number of piperazine rings is 1. The lowest BCUT2D eigenvalue weighted by molar-refractivity contribution is -0.384. The molecule has 0 bridgehead atoms. The van der Waals surface area contributed by atoms with Crippen molar-refractivity contribution in [3.05, 3.63) is 33.9 Å². The number of nitro benzene ring substituents is 1. The van der Waals surface area contributed by atoms with Gasteiger partial charge in [-0.05, 0) is 26.0 Å². The van der Waals surface area contributed by atoms with Gasteiger partial charge in [0.1, 0.15) is 5.69 Å². The van der Waals surface area contributed by atoms with Crippen LogP contribution in [0.4, 0.5) is 11.4 Å². The number of carbonyl (C=O) groups excluding carboxylic acids is 1. The highest BCUT2D eigenvalue weighted by atomic mass is 16.6. The Labute approximate surface area is 123 Å². The fourth-order valence-corrected chi connectivity index (χ4v) is 2.56. The predicted molar refractivity (Wildman–Crippen MR) is 80.8 cm³/mol. The van der Waals surface area contributed by atoms with E-state index in [4.69, 9.17) is 0 Å². The van der Waals surface area contributed by atoms with Gasteiger partial charge in [0.15, 0.2) is 0 Å². The van der Waals surface area contributed by atoms with Gasteiger partial charge in [-0.15, -0.1) is 0 Å². The van der Waals surface area contributed by atoms with E-state index in [2.05, 4.69) is 10.6 Å². The molecule has 7 nitrogen and oxygen atoms in total. The minimum atomic E-state index is -0.429. The smallest absolute Gasteiger partial charge is 0.293 e. The summed E-state index contributed by atoms with van der Waals surface area (Å²) < 4.78 is 0. The molecule has 0 aromatic heterocycles. The summed E-state index contributed by atoms with van der Waals surface area (Å²) in [5.74, 6) is -0.327. The molecule has 1 aromatic carbocycles. The van der Waals surface area contributed by atoms with Crippen LogP contribution in [-0.2, 0) is 0 Å². The van der Waals surface area contributed by atoms with Crippen LogP contribution in [0.25, 0.3) is 0 Å². The molecular weight excluding hydrogens is 272 g/mol. The summed E-state index contributed by atoms with van der Waals surface area (Å²) in [5, 5.41) is 17.2. The van der Waals surface area contributed by atoms with E-state index in [1.807, 2.05) is 18.7 Å². The van der Waals surface area contributed by atoms with Crippen LogP contribution < -0.4 is 15.5 Å². The summed E-state index contributed by atoms with van der Waals surface area (Å²) in [5.41, 5.74) is 0.828. The van der Waals surface area contributed by atoms with Crippen molar-refractivity contribution in [1.82, 2.24) is 10.6 Å². The summed E-state index contributed by atoms with van der Waals surface area (Å²) in [6.07, 6.45) is 0. The molecule has 1 aliphatic heterocycles. The van der Waals surface area contributed by atoms with Crippen molar-refractivity contribution < 1.29 is 9.72 Å². The maximum absolute atomic E-state index is 11.6. The largest absolute Gasteiger partial charge is 0.360 e. The van der Waals surface area contributed by atoms with Gasteiger partial charge < -0.3 is 15.5 Å². The Bertz CT molecular complexity index is 561. The lowest BCUT2D eigenvalue weighted by Crippen LogP contribution is -2.54. The van der Waals surface area contributed by atoms with Crippen LogP contribution in [0.2, 0.25) is 0 Å². The van der Waals surface area contributed by atoms with Gasteiger partial charge in [0, 0.05) is 43.9 Å². The van der Waals surface area contributed by atoms with Crippen LogP contribution in [0.15, 0.2) is 18.2 Å². The van der Waals surface area contributed by atoms with Crippen LogP contribution >= 0.6 is 0 Å². The molecule has 0 spiro atoms. The van der Waals surface area contributed by atoms with E-state index < -0.39 is 4.92 Å². The molecule has 2 N–H and O–H groups in total. The Balaban J connectivity index is 2.43. The SMILES string of the molecule is CNC(=O)c1ccc(N2CC(C)NCC2C)c([N+](=O)[O-])c1. The Morgan fingerprint density at radius 3 is 2.81 bits per heavy atom. The second kappa shape index (κ2) is 6.09. The van der Waals surface area contributed by atoms with E-state index >= 15 is 0 Å². The monoisotopic (exact) mass is 292 g/mol. The molecule has 0 saturated carbocycles. The van der Waals surface area contributed by atoms with E-state index in [1.165, 1.54) is 13.1 Å². The normalized spacial score (nSPS) is 22.0. The first-order chi connectivity index (χ1) is 9.93. The lowest BCUT2D eigenvalue weighted by atomic mass is 10.1. The summed E-state index contributed by atoms with van der Waals surface area (Å²) in [7, 11) is 1.50. The Morgan fingerprint density at radius 1 is 1.48 bits per heavy atom. The Hall–Kier alpha value is -2.15. The molecule has 1 fully saturated rings. The number of anilines is 1. The highest BCUT2D eigenvalue weighted by Gasteiger charge is 2.28. The van der Waals surface area contributed by atoms with Gasteiger partial charge in [0.2, 0.25) is 0 Å². The first kappa shape index (κ1) is 15.2. The first-order valence-electron chi connectivity index (χ1n) is 6.94. The van der Waals surface area contributed by atoms with Gasteiger partial charge in [0.05, 0.1) is 4.92 Å². The Morgan fingerprint density at radius 2 is 2.19 bits per heavy atom. The fourth-order valence-electron chi connectivity index (χ4n) is 2.56. The van der Waals surface area contributed by atoms with Crippen molar-refractivity contribution in [3.63, 3.8) is 0 Å².